The molecule has 0 aliphatic carbocycles. The second-order valence-electron chi connectivity index (χ2n) is 6.02. The topological polar surface area (TPSA) is 71.1 Å². The number of hydrogen-bond acceptors (Lipinski definition) is 5. The van der Waals surface area contributed by atoms with Crippen molar-refractivity contribution in [2.24, 2.45) is 0 Å². The number of halogens is 1. The van der Waals surface area contributed by atoms with Crippen molar-refractivity contribution < 1.29 is 14.0 Å². The summed E-state index contributed by atoms with van der Waals surface area (Å²) in [6.45, 7) is 3.58. The van der Waals surface area contributed by atoms with Crippen LogP contribution in [0.5, 0.6) is 0 Å². The van der Waals surface area contributed by atoms with E-state index in [0.717, 1.165) is 15.3 Å². The molecule has 27 heavy (non-hydrogen) atoms. The predicted molar refractivity (Wildman–Crippen MR) is 106 cm³/mol. The Morgan fingerprint density at radius 1 is 1.15 bits per heavy atom. The number of carbonyl (C=O) groups excluding carboxylic acids is 2. The molecule has 0 aliphatic heterocycles. The van der Waals surface area contributed by atoms with Gasteiger partial charge in [0, 0.05) is 29.3 Å². The van der Waals surface area contributed by atoms with Crippen LogP contribution in [-0.2, 0) is 17.8 Å². The number of rotatable bonds is 6. The zero-order valence-electron chi connectivity index (χ0n) is 14.8. The molecule has 0 atom stereocenters. The first-order chi connectivity index (χ1) is 12.9. The van der Waals surface area contributed by atoms with Gasteiger partial charge in [0.1, 0.15) is 5.82 Å². The summed E-state index contributed by atoms with van der Waals surface area (Å²) in [6.07, 6.45) is 2.25. The largest absolute Gasteiger partial charge is 0.351 e. The van der Waals surface area contributed by atoms with Crippen molar-refractivity contribution in [3.05, 3.63) is 68.1 Å². The number of benzene rings is 1. The maximum Gasteiger partial charge on any atom is 0.267 e. The van der Waals surface area contributed by atoms with E-state index in [9.17, 15) is 14.0 Å². The van der Waals surface area contributed by atoms with Crippen molar-refractivity contribution in [3.63, 3.8) is 0 Å². The highest BCUT2D eigenvalue weighted by Gasteiger charge is 2.12. The summed E-state index contributed by atoms with van der Waals surface area (Å²) in [4.78, 5) is 29.9. The number of nitrogens with one attached hydrogen (secondary N) is 2. The highest BCUT2D eigenvalue weighted by Crippen LogP contribution is 2.24. The maximum absolute atomic E-state index is 13.7. The Labute approximate surface area is 164 Å². The molecule has 0 unspecified atom stereocenters. The Kier molecular flexibility index (Phi) is 5.98. The molecule has 0 fully saturated rings. The predicted octanol–water partition coefficient (Wildman–Crippen LogP) is 4.13. The van der Waals surface area contributed by atoms with Gasteiger partial charge in [0.2, 0.25) is 5.91 Å². The molecule has 0 radical (unpaired) electrons. The monoisotopic (exact) mass is 403 g/mol. The van der Waals surface area contributed by atoms with E-state index >= 15 is 0 Å². The number of aromatic nitrogens is 1. The Hall–Kier alpha value is -2.58. The summed E-state index contributed by atoms with van der Waals surface area (Å²) >= 11 is 2.69. The van der Waals surface area contributed by atoms with Crippen molar-refractivity contribution in [2.75, 3.05) is 5.32 Å². The third-order valence-electron chi connectivity index (χ3n) is 3.79. The third-order valence-corrected chi connectivity index (χ3v) is 5.78. The normalized spacial score (nSPS) is 10.6. The Bertz CT molecular complexity index is 981. The Morgan fingerprint density at radius 2 is 1.96 bits per heavy atom. The number of thiophene rings is 1. The molecule has 0 spiro atoms. The van der Waals surface area contributed by atoms with E-state index in [2.05, 4.69) is 15.6 Å². The molecule has 2 aromatic heterocycles. The molecule has 3 aromatic rings. The molecular weight excluding hydrogens is 385 g/mol. The van der Waals surface area contributed by atoms with Gasteiger partial charge < -0.3 is 5.32 Å². The minimum absolute atomic E-state index is 0.113. The lowest BCUT2D eigenvalue weighted by molar-refractivity contribution is -0.119. The van der Waals surface area contributed by atoms with E-state index in [0.29, 0.717) is 28.5 Å². The second kappa shape index (κ2) is 8.41. The van der Waals surface area contributed by atoms with E-state index in [1.165, 1.54) is 35.7 Å². The van der Waals surface area contributed by atoms with Crippen LogP contribution in [0.3, 0.4) is 0 Å². The minimum atomic E-state index is -0.239. The molecule has 140 valence electrons. The summed E-state index contributed by atoms with van der Waals surface area (Å²) in [5.41, 5.74) is 1.48. The molecule has 5 nitrogen and oxygen atoms in total. The molecule has 2 heterocycles. The molecule has 8 heteroatoms. The van der Waals surface area contributed by atoms with Crippen molar-refractivity contribution in [1.29, 1.82) is 0 Å². The van der Waals surface area contributed by atoms with Crippen LogP contribution in [0.25, 0.3) is 0 Å². The molecule has 3 rings (SSSR count). The molecule has 2 N–H and O–H groups in total. The van der Waals surface area contributed by atoms with Gasteiger partial charge in [-0.15, -0.1) is 22.7 Å². The first-order valence-corrected chi connectivity index (χ1v) is 9.88. The molecule has 1 aromatic carbocycles. The van der Waals surface area contributed by atoms with Crippen LogP contribution in [0.15, 0.2) is 36.5 Å². The number of hydrogen-bond donors (Lipinski definition) is 2. The number of aryl methyl sites for hydroxylation is 1. The van der Waals surface area contributed by atoms with E-state index in [-0.39, 0.29) is 17.6 Å². The summed E-state index contributed by atoms with van der Waals surface area (Å²) in [7, 11) is 0. The zero-order chi connectivity index (χ0) is 19.4. The molecular formula is C19H18FN3O2S2. The maximum atomic E-state index is 13.7. The lowest BCUT2D eigenvalue weighted by Gasteiger charge is -2.01. The first-order valence-electron chi connectivity index (χ1n) is 8.25. The lowest BCUT2D eigenvalue weighted by atomic mass is 10.1. The Balaban J connectivity index is 1.60. The van der Waals surface area contributed by atoms with Gasteiger partial charge >= 0.3 is 0 Å². The van der Waals surface area contributed by atoms with Crippen LogP contribution in [-0.4, -0.2) is 16.8 Å². The second-order valence-corrected chi connectivity index (χ2v) is 8.31. The third kappa shape index (κ3) is 5.21. The van der Waals surface area contributed by atoms with Crippen molar-refractivity contribution >= 4 is 39.6 Å². The van der Waals surface area contributed by atoms with Crippen LogP contribution >= 0.6 is 22.7 Å². The number of thiazole rings is 1. The van der Waals surface area contributed by atoms with Gasteiger partial charge in [-0.1, -0.05) is 12.1 Å². The summed E-state index contributed by atoms with van der Waals surface area (Å²) in [5, 5.41) is 5.98. The van der Waals surface area contributed by atoms with Crippen LogP contribution < -0.4 is 10.6 Å². The smallest absolute Gasteiger partial charge is 0.267 e. The minimum Gasteiger partial charge on any atom is -0.351 e. The van der Waals surface area contributed by atoms with E-state index in [4.69, 9.17) is 0 Å². The van der Waals surface area contributed by atoms with Gasteiger partial charge in [-0.25, -0.2) is 9.37 Å². The van der Waals surface area contributed by atoms with Gasteiger partial charge in [-0.05, 0) is 36.2 Å². The lowest BCUT2D eigenvalue weighted by Crippen LogP contribution is -2.18. The zero-order valence-corrected chi connectivity index (χ0v) is 16.5. The van der Waals surface area contributed by atoms with Crippen LogP contribution in [0, 0.1) is 12.7 Å². The van der Waals surface area contributed by atoms with Crippen LogP contribution in [0.1, 0.15) is 37.5 Å². The molecule has 0 bridgehead atoms. The SMILES string of the molecule is CC(=O)NCc1ccc(C(=O)Nc2ncc(Cc3ccc(C)c(F)c3)s2)s1. The summed E-state index contributed by atoms with van der Waals surface area (Å²) in [6, 6.07) is 8.70. The number of anilines is 1. The number of carbonyl (C=O) groups is 2. The average molecular weight is 404 g/mol. The van der Waals surface area contributed by atoms with E-state index < -0.39 is 0 Å². The van der Waals surface area contributed by atoms with Gasteiger partial charge in [-0.2, -0.15) is 0 Å². The van der Waals surface area contributed by atoms with Gasteiger partial charge in [-0.3, -0.25) is 14.9 Å². The van der Waals surface area contributed by atoms with E-state index in [1.54, 1.807) is 25.3 Å². The molecule has 0 saturated heterocycles. The number of nitrogens with zero attached hydrogens (tertiary/aromatic N) is 1. The summed E-state index contributed by atoms with van der Waals surface area (Å²) in [5.74, 6) is -0.576. The fraction of sp³-hybridized carbons (Fsp3) is 0.211. The fourth-order valence-corrected chi connectivity index (χ4v) is 4.04. The molecule has 0 saturated carbocycles. The van der Waals surface area contributed by atoms with E-state index in [1.807, 2.05) is 12.1 Å². The highest BCUT2D eigenvalue weighted by molar-refractivity contribution is 7.16. The van der Waals surface area contributed by atoms with Crippen molar-refractivity contribution in [3.8, 4) is 0 Å². The van der Waals surface area contributed by atoms with Crippen molar-refractivity contribution in [1.82, 2.24) is 10.3 Å². The van der Waals surface area contributed by atoms with Crippen LogP contribution in [0.2, 0.25) is 0 Å². The fourth-order valence-electron chi connectivity index (χ4n) is 2.36. The Morgan fingerprint density at radius 3 is 2.70 bits per heavy atom. The van der Waals surface area contributed by atoms with Gasteiger partial charge in [0.05, 0.1) is 11.4 Å². The quantitative estimate of drug-likeness (QED) is 0.650. The average Bonchev–Trinajstić information content (AvgIpc) is 3.26. The van der Waals surface area contributed by atoms with Gasteiger partial charge in [0.25, 0.3) is 5.91 Å². The van der Waals surface area contributed by atoms with Gasteiger partial charge in [0.15, 0.2) is 5.13 Å². The molecule has 2 amide bonds. The molecule has 0 aliphatic rings. The summed E-state index contributed by atoms with van der Waals surface area (Å²) < 4.78 is 13.7. The van der Waals surface area contributed by atoms with Crippen molar-refractivity contribution in [2.45, 2.75) is 26.8 Å². The highest BCUT2D eigenvalue weighted by atomic mass is 32.1. The standard InChI is InChI=1S/C19H18FN3O2S2/c1-11-3-4-13(8-16(11)20)7-15-10-22-19(27-15)23-18(25)17-6-5-14(26-17)9-21-12(2)24/h3-6,8,10H,7,9H2,1-2H3,(H,21,24)(H,22,23,25). The first kappa shape index (κ1) is 19.2. The number of amides is 2. The van der Waals surface area contributed by atoms with Crippen LogP contribution in [0.4, 0.5) is 9.52 Å².